The molecule has 0 aliphatic carbocycles. The molecule has 118 valence electrons. The third-order valence-electron chi connectivity index (χ3n) is 3.21. The SMILES string of the molecule is CC[C@@H](Oc1ccc(Cl)cc1)C(=O)NCCCn1ccnc1. The molecule has 0 aliphatic rings. The number of rotatable bonds is 8. The minimum Gasteiger partial charge on any atom is -0.481 e. The van der Waals surface area contributed by atoms with Crippen LogP contribution < -0.4 is 10.1 Å². The van der Waals surface area contributed by atoms with Crippen LogP contribution in [0.15, 0.2) is 43.0 Å². The summed E-state index contributed by atoms with van der Waals surface area (Å²) in [7, 11) is 0. The second-order valence-electron chi connectivity index (χ2n) is 4.91. The first kappa shape index (κ1) is 16.4. The lowest BCUT2D eigenvalue weighted by Gasteiger charge is -2.17. The van der Waals surface area contributed by atoms with Crippen LogP contribution in [0.1, 0.15) is 19.8 Å². The van der Waals surface area contributed by atoms with Crippen molar-refractivity contribution in [1.29, 1.82) is 0 Å². The molecule has 0 spiro atoms. The van der Waals surface area contributed by atoms with Crippen molar-refractivity contribution in [3.8, 4) is 5.75 Å². The number of nitrogens with one attached hydrogen (secondary N) is 1. The normalized spacial score (nSPS) is 11.9. The van der Waals surface area contributed by atoms with Crippen LogP contribution in [-0.2, 0) is 11.3 Å². The van der Waals surface area contributed by atoms with Gasteiger partial charge in [-0.05, 0) is 37.1 Å². The smallest absolute Gasteiger partial charge is 0.261 e. The van der Waals surface area contributed by atoms with Crippen LogP contribution in [0.25, 0.3) is 0 Å². The first-order valence-electron chi connectivity index (χ1n) is 7.34. The van der Waals surface area contributed by atoms with E-state index in [1.165, 1.54) is 0 Å². The van der Waals surface area contributed by atoms with E-state index in [9.17, 15) is 4.79 Å². The maximum Gasteiger partial charge on any atom is 0.261 e. The number of carbonyl (C=O) groups excluding carboxylic acids is 1. The molecule has 1 heterocycles. The summed E-state index contributed by atoms with van der Waals surface area (Å²) in [5.41, 5.74) is 0. The maximum atomic E-state index is 12.1. The molecule has 1 amide bonds. The van der Waals surface area contributed by atoms with E-state index in [0.717, 1.165) is 13.0 Å². The van der Waals surface area contributed by atoms with Gasteiger partial charge in [-0.15, -0.1) is 0 Å². The zero-order valence-corrected chi connectivity index (χ0v) is 13.3. The summed E-state index contributed by atoms with van der Waals surface area (Å²) in [4.78, 5) is 16.1. The summed E-state index contributed by atoms with van der Waals surface area (Å²) < 4.78 is 7.68. The zero-order chi connectivity index (χ0) is 15.8. The number of aromatic nitrogens is 2. The Bertz CT molecular complexity index is 570. The molecule has 0 radical (unpaired) electrons. The van der Waals surface area contributed by atoms with Gasteiger partial charge in [-0.1, -0.05) is 18.5 Å². The molecule has 0 bridgehead atoms. The fourth-order valence-corrected chi connectivity index (χ4v) is 2.13. The van der Waals surface area contributed by atoms with Crippen LogP contribution in [0, 0.1) is 0 Å². The Morgan fingerprint density at radius 3 is 2.82 bits per heavy atom. The van der Waals surface area contributed by atoms with Crippen molar-refractivity contribution in [2.45, 2.75) is 32.4 Å². The quantitative estimate of drug-likeness (QED) is 0.761. The van der Waals surface area contributed by atoms with E-state index in [1.807, 2.05) is 17.7 Å². The zero-order valence-electron chi connectivity index (χ0n) is 12.5. The molecule has 22 heavy (non-hydrogen) atoms. The van der Waals surface area contributed by atoms with Crippen molar-refractivity contribution in [2.24, 2.45) is 0 Å². The maximum absolute atomic E-state index is 12.1. The number of hydrogen-bond acceptors (Lipinski definition) is 3. The Morgan fingerprint density at radius 1 is 1.41 bits per heavy atom. The van der Waals surface area contributed by atoms with Crippen LogP contribution >= 0.6 is 11.6 Å². The van der Waals surface area contributed by atoms with Gasteiger partial charge in [0.15, 0.2) is 6.10 Å². The molecular weight excluding hydrogens is 302 g/mol. The Hall–Kier alpha value is -2.01. The Labute approximate surface area is 135 Å². The van der Waals surface area contributed by atoms with Gasteiger partial charge in [-0.2, -0.15) is 0 Å². The van der Waals surface area contributed by atoms with Crippen molar-refractivity contribution in [2.75, 3.05) is 6.54 Å². The predicted molar refractivity (Wildman–Crippen MR) is 86.0 cm³/mol. The molecule has 6 heteroatoms. The molecule has 0 aliphatic heterocycles. The Morgan fingerprint density at radius 2 is 2.18 bits per heavy atom. The van der Waals surface area contributed by atoms with Gasteiger partial charge >= 0.3 is 0 Å². The van der Waals surface area contributed by atoms with Crippen molar-refractivity contribution < 1.29 is 9.53 Å². The third kappa shape index (κ3) is 5.07. The van der Waals surface area contributed by atoms with Gasteiger partial charge in [0, 0.05) is 30.5 Å². The monoisotopic (exact) mass is 321 g/mol. The van der Waals surface area contributed by atoms with Gasteiger partial charge in [-0.25, -0.2) is 4.98 Å². The average molecular weight is 322 g/mol. The molecule has 0 saturated heterocycles. The largest absolute Gasteiger partial charge is 0.481 e. The van der Waals surface area contributed by atoms with Crippen molar-refractivity contribution in [1.82, 2.24) is 14.9 Å². The molecule has 2 rings (SSSR count). The minimum atomic E-state index is -0.491. The van der Waals surface area contributed by atoms with Crippen LogP contribution in [0.5, 0.6) is 5.75 Å². The summed E-state index contributed by atoms with van der Waals surface area (Å²) in [5.74, 6) is 0.549. The minimum absolute atomic E-state index is 0.0944. The number of benzene rings is 1. The van der Waals surface area contributed by atoms with Crippen molar-refractivity contribution >= 4 is 17.5 Å². The van der Waals surface area contributed by atoms with Crippen LogP contribution in [0.2, 0.25) is 5.02 Å². The highest BCUT2D eigenvalue weighted by molar-refractivity contribution is 6.30. The fourth-order valence-electron chi connectivity index (χ4n) is 2.01. The molecule has 0 unspecified atom stereocenters. The lowest BCUT2D eigenvalue weighted by Crippen LogP contribution is -2.38. The van der Waals surface area contributed by atoms with E-state index in [4.69, 9.17) is 16.3 Å². The number of ether oxygens (including phenoxy) is 1. The van der Waals surface area contributed by atoms with E-state index in [0.29, 0.717) is 23.7 Å². The highest BCUT2D eigenvalue weighted by Crippen LogP contribution is 2.17. The summed E-state index contributed by atoms with van der Waals surface area (Å²) in [6, 6.07) is 7.01. The number of halogens is 1. The van der Waals surface area contributed by atoms with Gasteiger partial charge in [0.25, 0.3) is 5.91 Å². The number of carbonyl (C=O) groups is 1. The van der Waals surface area contributed by atoms with E-state index in [-0.39, 0.29) is 5.91 Å². The molecule has 2 aromatic rings. The number of nitrogens with zero attached hydrogens (tertiary/aromatic N) is 2. The first-order valence-corrected chi connectivity index (χ1v) is 7.72. The topological polar surface area (TPSA) is 56.1 Å². The van der Waals surface area contributed by atoms with E-state index in [1.54, 1.807) is 36.8 Å². The van der Waals surface area contributed by atoms with Crippen LogP contribution in [0.4, 0.5) is 0 Å². The number of hydrogen-bond donors (Lipinski definition) is 1. The number of aryl methyl sites for hydroxylation is 1. The van der Waals surface area contributed by atoms with Gasteiger partial charge in [0.2, 0.25) is 0 Å². The van der Waals surface area contributed by atoms with E-state index >= 15 is 0 Å². The Balaban J connectivity index is 1.75. The lowest BCUT2D eigenvalue weighted by molar-refractivity contribution is -0.128. The predicted octanol–water partition coefficient (Wildman–Crippen LogP) is 2.90. The molecule has 1 atom stereocenters. The molecule has 1 aromatic carbocycles. The second-order valence-corrected chi connectivity index (χ2v) is 5.35. The Kier molecular flexibility index (Phi) is 6.27. The van der Waals surface area contributed by atoms with Crippen LogP contribution in [-0.4, -0.2) is 28.1 Å². The highest BCUT2D eigenvalue weighted by atomic mass is 35.5. The second kappa shape index (κ2) is 8.44. The van der Waals surface area contributed by atoms with Crippen molar-refractivity contribution in [3.05, 3.63) is 48.0 Å². The molecule has 0 fully saturated rings. The van der Waals surface area contributed by atoms with E-state index in [2.05, 4.69) is 10.3 Å². The standard InChI is InChI=1S/C16H20ClN3O2/c1-2-15(22-14-6-4-13(17)5-7-14)16(21)19-8-3-10-20-11-9-18-12-20/h4-7,9,11-12,15H,2-3,8,10H2,1H3,(H,19,21)/t15-/m1/s1. The third-order valence-corrected chi connectivity index (χ3v) is 3.46. The summed E-state index contributed by atoms with van der Waals surface area (Å²) in [5, 5.41) is 3.55. The lowest BCUT2D eigenvalue weighted by atomic mass is 10.2. The van der Waals surface area contributed by atoms with Crippen LogP contribution in [0.3, 0.4) is 0 Å². The fraction of sp³-hybridized carbons (Fsp3) is 0.375. The molecule has 1 aromatic heterocycles. The molecule has 1 N–H and O–H groups in total. The molecule has 0 saturated carbocycles. The highest BCUT2D eigenvalue weighted by Gasteiger charge is 2.17. The average Bonchev–Trinajstić information content (AvgIpc) is 3.04. The molecule has 5 nitrogen and oxygen atoms in total. The summed E-state index contributed by atoms with van der Waals surface area (Å²) in [6.45, 7) is 3.36. The number of amides is 1. The van der Waals surface area contributed by atoms with Gasteiger partial charge < -0.3 is 14.6 Å². The van der Waals surface area contributed by atoms with Crippen molar-refractivity contribution in [3.63, 3.8) is 0 Å². The summed E-state index contributed by atoms with van der Waals surface area (Å²) >= 11 is 5.83. The first-order chi connectivity index (χ1) is 10.7. The van der Waals surface area contributed by atoms with E-state index < -0.39 is 6.10 Å². The molecular formula is C16H20ClN3O2. The summed E-state index contributed by atoms with van der Waals surface area (Å²) in [6.07, 6.45) is 6.37. The van der Waals surface area contributed by atoms with Gasteiger partial charge in [0.05, 0.1) is 6.33 Å². The number of imidazole rings is 1. The van der Waals surface area contributed by atoms with Gasteiger partial charge in [0.1, 0.15) is 5.75 Å². The van der Waals surface area contributed by atoms with Gasteiger partial charge in [-0.3, -0.25) is 4.79 Å².